The minimum atomic E-state index is 0.126. The molecule has 0 aromatic heterocycles. The molecule has 0 fully saturated rings. The first-order valence-electron chi connectivity index (χ1n) is 6.43. The molecule has 0 aliphatic heterocycles. The fraction of sp³-hybridized carbons (Fsp3) is 1.00. The van der Waals surface area contributed by atoms with Crippen LogP contribution in [0, 0.1) is 5.41 Å². The minimum Gasteiger partial charge on any atom is -0.396 e. The molecule has 0 atom stereocenters. The van der Waals surface area contributed by atoms with E-state index in [1.165, 1.54) is 19.3 Å². The third-order valence-corrected chi connectivity index (χ3v) is 3.58. The third-order valence-electron chi connectivity index (χ3n) is 3.58. The smallest absolute Gasteiger partial charge is 0.0499 e. The van der Waals surface area contributed by atoms with Crippen LogP contribution in [-0.2, 0) is 0 Å². The number of aliphatic hydroxyl groups excluding tert-OH is 1. The summed E-state index contributed by atoms with van der Waals surface area (Å²) in [4.78, 5) is 2.37. The molecular formula is C13H29NO. The Balaban J connectivity index is 3.94. The zero-order valence-corrected chi connectivity index (χ0v) is 11.1. The molecule has 0 aliphatic rings. The van der Waals surface area contributed by atoms with E-state index in [1.54, 1.807) is 0 Å². The SMILES string of the molecule is CCCCCN(C)CC(CC)(CC)CO. The van der Waals surface area contributed by atoms with Crippen molar-refractivity contribution < 1.29 is 5.11 Å². The van der Waals surface area contributed by atoms with Crippen molar-refractivity contribution in [3.8, 4) is 0 Å². The molecule has 92 valence electrons. The van der Waals surface area contributed by atoms with Crippen LogP contribution >= 0.6 is 0 Å². The number of hydrogen-bond acceptors (Lipinski definition) is 2. The zero-order valence-electron chi connectivity index (χ0n) is 11.1. The largest absolute Gasteiger partial charge is 0.396 e. The molecule has 0 bridgehead atoms. The summed E-state index contributed by atoms with van der Waals surface area (Å²) in [6.45, 7) is 9.10. The number of aliphatic hydroxyl groups is 1. The van der Waals surface area contributed by atoms with Gasteiger partial charge in [0.15, 0.2) is 0 Å². The average molecular weight is 215 g/mol. The van der Waals surface area contributed by atoms with E-state index >= 15 is 0 Å². The van der Waals surface area contributed by atoms with Gasteiger partial charge < -0.3 is 10.0 Å². The summed E-state index contributed by atoms with van der Waals surface area (Å²) < 4.78 is 0. The summed E-state index contributed by atoms with van der Waals surface area (Å²) in [5.74, 6) is 0. The molecule has 0 aliphatic carbocycles. The summed E-state index contributed by atoms with van der Waals surface area (Å²) in [6.07, 6.45) is 6.01. The van der Waals surface area contributed by atoms with Crippen LogP contribution < -0.4 is 0 Å². The van der Waals surface area contributed by atoms with Crippen molar-refractivity contribution in [1.29, 1.82) is 0 Å². The van der Waals surface area contributed by atoms with E-state index in [0.29, 0.717) is 6.61 Å². The second-order valence-electron chi connectivity index (χ2n) is 4.81. The topological polar surface area (TPSA) is 23.5 Å². The lowest BCUT2D eigenvalue weighted by molar-refractivity contribution is 0.0750. The molecule has 0 amide bonds. The Kier molecular flexibility index (Phi) is 8.07. The van der Waals surface area contributed by atoms with Gasteiger partial charge in [-0.15, -0.1) is 0 Å². The lowest BCUT2D eigenvalue weighted by Crippen LogP contribution is -2.38. The number of rotatable bonds is 9. The first kappa shape index (κ1) is 14.9. The summed E-state index contributed by atoms with van der Waals surface area (Å²) >= 11 is 0. The van der Waals surface area contributed by atoms with E-state index in [9.17, 15) is 5.11 Å². The zero-order chi connectivity index (χ0) is 11.7. The molecule has 0 spiro atoms. The lowest BCUT2D eigenvalue weighted by atomic mass is 9.83. The van der Waals surface area contributed by atoms with Crippen LogP contribution in [0.1, 0.15) is 52.9 Å². The van der Waals surface area contributed by atoms with Crippen LogP contribution in [0.4, 0.5) is 0 Å². The highest BCUT2D eigenvalue weighted by atomic mass is 16.3. The molecule has 0 aromatic rings. The Labute approximate surface area is 95.7 Å². The Morgan fingerprint density at radius 3 is 2.07 bits per heavy atom. The van der Waals surface area contributed by atoms with Crippen LogP contribution in [0.5, 0.6) is 0 Å². The molecular weight excluding hydrogens is 186 g/mol. The maximum absolute atomic E-state index is 9.47. The van der Waals surface area contributed by atoms with E-state index in [4.69, 9.17) is 0 Å². The number of nitrogens with zero attached hydrogens (tertiary/aromatic N) is 1. The van der Waals surface area contributed by atoms with Crippen LogP contribution in [0.15, 0.2) is 0 Å². The Bertz CT molecular complexity index is 135. The van der Waals surface area contributed by atoms with Crippen LogP contribution in [0.25, 0.3) is 0 Å². The van der Waals surface area contributed by atoms with Crippen molar-refractivity contribution >= 4 is 0 Å². The number of hydrogen-bond donors (Lipinski definition) is 1. The van der Waals surface area contributed by atoms with E-state index in [-0.39, 0.29) is 5.41 Å². The molecule has 0 radical (unpaired) electrons. The van der Waals surface area contributed by atoms with E-state index in [1.807, 2.05) is 0 Å². The van der Waals surface area contributed by atoms with Crippen molar-refractivity contribution in [2.45, 2.75) is 52.9 Å². The molecule has 0 heterocycles. The Morgan fingerprint density at radius 1 is 1.07 bits per heavy atom. The normalized spacial score (nSPS) is 12.4. The van der Waals surface area contributed by atoms with Crippen molar-refractivity contribution in [2.24, 2.45) is 5.41 Å². The third kappa shape index (κ3) is 5.53. The van der Waals surface area contributed by atoms with Crippen molar-refractivity contribution in [3.63, 3.8) is 0 Å². The van der Waals surface area contributed by atoms with Gasteiger partial charge in [-0.2, -0.15) is 0 Å². The number of unbranched alkanes of at least 4 members (excludes halogenated alkanes) is 2. The Morgan fingerprint density at radius 2 is 1.67 bits per heavy atom. The first-order chi connectivity index (χ1) is 7.14. The lowest BCUT2D eigenvalue weighted by Gasteiger charge is -2.34. The Hall–Kier alpha value is -0.0800. The molecule has 0 aromatic carbocycles. The highest BCUT2D eigenvalue weighted by molar-refractivity contribution is 4.78. The van der Waals surface area contributed by atoms with Gasteiger partial charge in [-0.25, -0.2) is 0 Å². The van der Waals surface area contributed by atoms with E-state index < -0.39 is 0 Å². The molecule has 0 unspecified atom stereocenters. The van der Waals surface area contributed by atoms with Gasteiger partial charge in [0.1, 0.15) is 0 Å². The molecule has 0 saturated carbocycles. The molecule has 2 heteroatoms. The molecule has 15 heavy (non-hydrogen) atoms. The summed E-state index contributed by atoms with van der Waals surface area (Å²) in [7, 11) is 2.17. The first-order valence-corrected chi connectivity index (χ1v) is 6.43. The van der Waals surface area contributed by atoms with Crippen LogP contribution in [0.2, 0.25) is 0 Å². The van der Waals surface area contributed by atoms with Gasteiger partial charge in [-0.3, -0.25) is 0 Å². The quantitative estimate of drug-likeness (QED) is 0.598. The fourth-order valence-electron chi connectivity index (χ4n) is 2.03. The molecule has 2 nitrogen and oxygen atoms in total. The van der Waals surface area contributed by atoms with Crippen LogP contribution in [-0.4, -0.2) is 36.8 Å². The minimum absolute atomic E-state index is 0.126. The van der Waals surface area contributed by atoms with E-state index in [0.717, 1.165) is 25.9 Å². The highest BCUT2D eigenvalue weighted by Gasteiger charge is 2.26. The average Bonchev–Trinajstić information content (AvgIpc) is 2.26. The maximum atomic E-state index is 9.47. The molecule has 0 rings (SSSR count). The van der Waals surface area contributed by atoms with Gasteiger partial charge in [0.25, 0.3) is 0 Å². The van der Waals surface area contributed by atoms with Crippen molar-refractivity contribution in [1.82, 2.24) is 4.90 Å². The molecule has 0 saturated heterocycles. The fourth-order valence-corrected chi connectivity index (χ4v) is 2.03. The second-order valence-corrected chi connectivity index (χ2v) is 4.81. The van der Waals surface area contributed by atoms with Crippen LogP contribution in [0.3, 0.4) is 0 Å². The van der Waals surface area contributed by atoms with Crippen molar-refractivity contribution in [2.75, 3.05) is 26.7 Å². The second kappa shape index (κ2) is 8.12. The van der Waals surface area contributed by atoms with Gasteiger partial charge in [-0.1, -0.05) is 33.6 Å². The predicted octanol–water partition coefficient (Wildman–Crippen LogP) is 2.91. The van der Waals surface area contributed by atoms with Gasteiger partial charge in [0.05, 0.1) is 0 Å². The van der Waals surface area contributed by atoms with Crippen molar-refractivity contribution in [3.05, 3.63) is 0 Å². The molecule has 1 N–H and O–H groups in total. The summed E-state index contributed by atoms with van der Waals surface area (Å²) in [5.41, 5.74) is 0.126. The summed E-state index contributed by atoms with van der Waals surface area (Å²) in [6, 6.07) is 0. The van der Waals surface area contributed by atoms with Gasteiger partial charge >= 0.3 is 0 Å². The highest BCUT2D eigenvalue weighted by Crippen LogP contribution is 2.26. The van der Waals surface area contributed by atoms with E-state index in [2.05, 4.69) is 32.7 Å². The van der Waals surface area contributed by atoms with Gasteiger partial charge in [-0.05, 0) is 32.9 Å². The summed E-state index contributed by atoms with van der Waals surface area (Å²) in [5, 5.41) is 9.47. The monoisotopic (exact) mass is 215 g/mol. The van der Waals surface area contributed by atoms with Gasteiger partial charge in [0, 0.05) is 18.6 Å². The maximum Gasteiger partial charge on any atom is 0.0499 e. The van der Waals surface area contributed by atoms with Gasteiger partial charge in [0.2, 0.25) is 0 Å². The predicted molar refractivity (Wildman–Crippen MR) is 67.1 cm³/mol. The standard InChI is InChI=1S/C13H29NO/c1-5-8-9-10-14(4)11-13(6-2,7-3)12-15/h15H,5-12H2,1-4H3.